The number of carbonyl (C=O) groups is 2. The lowest BCUT2D eigenvalue weighted by Gasteiger charge is -2.36. The third-order valence-corrected chi connectivity index (χ3v) is 6.72. The maximum Gasteiger partial charge on any atom is 0.312 e. The number of piperidine rings is 2. The molecule has 1 unspecified atom stereocenters. The lowest BCUT2D eigenvalue weighted by Crippen LogP contribution is -2.45. The number of likely N-dealkylation sites (tertiary alicyclic amines) is 2. The van der Waals surface area contributed by atoms with E-state index in [4.69, 9.17) is 4.74 Å². The molecule has 0 aromatic carbocycles. The highest BCUT2D eigenvalue weighted by atomic mass is 16.6. The number of carbonyl (C=O) groups excluding carboxylic acids is 2. The number of esters is 1. The molecule has 4 heterocycles. The zero-order chi connectivity index (χ0) is 20.4. The molecule has 3 aliphatic heterocycles. The third-order valence-electron chi connectivity index (χ3n) is 6.72. The number of hydrogen-bond acceptors (Lipinski definition) is 6. The van der Waals surface area contributed by atoms with E-state index in [0.29, 0.717) is 32.4 Å². The Morgan fingerprint density at radius 3 is 2.69 bits per heavy atom. The SMILES string of the molecule is Cc1ccnc(CC(=O)N2CCC3(CC2)CC(CN2CCC(O)CC2)OC3=O)c1. The number of cyclic esters (lactones) is 1. The monoisotopic (exact) mass is 401 g/mol. The first-order valence-corrected chi connectivity index (χ1v) is 10.7. The van der Waals surface area contributed by atoms with Crippen LogP contribution < -0.4 is 0 Å². The molecule has 1 amide bonds. The summed E-state index contributed by atoms with van der Waals surface area (Å²) in [4.78, 5) is 33.8. The Hall–Kier alpha value is -1.99. The van der Waals surface area contributed by atoms with Gasteiger partial charge in [-0.15, -0.1) is 0 Å². The van der Waals surface area contributed by atoms with Crippen molar-refractivity contribution in [2.45, 2.75) is 57.7 Å². The van der Waals surface area contributed by atoms with E-state index in [1.165, 1.54) is 0 Å². The second-order valence-corrected chi connectivity index (χ2v) is 8.93. The summed E-state index contributed by atoms with van der Waals surface area (Å²) in [5.74, 6) is -0.0141. The third kappa shape index (κ3) is 4.61. The molecule has 1 atom stereocenters. The van der Waals surface area contributed by atoms with E-state index in [1.54, 1.807) is 6.20 Å². The zero-order valence-electron chi connectivity index (χ0n) is 17.2. The molecule has 7 nitrogen and oxygen atoms in total. The molecule has 29 heavy (non-hydrogen) atoms. The summed E-state index contributed by atoms with van der Waals surface area (Å²) in [6, 6.07) is 3.87. The molecule has 1 aromatic rings. The topological polar surface area (TPSA) is 83.0 Å². The number of ether oxygens (including phenoxy) is 1. The van der Waals surface area contributed by atoms with Gasteiger partial charge in [-0.1, -0.05) is 0 Å². The summed E-state index contributed by atoms with van der Waals surface area (Å²) in [5.41, 5.74) is 1.46. The molecule has 4 rings (SSSR count). The fraction of sp³-hybridized carbons (Fsp3) is 0.682. The normalized spacial score (nSPS) is 25.4. The molecule has 7 heteroatoms. The molecule has 0 radical (unpaired) electrons. The molecule has 1 aromatic heterocycles. The molecule has 3 aliphatic rings. The van der Waals surface area contributed by atoms with Gasteiger partial charge in [-0.2, -0.15) is 0 Å². The van der Waals surface area contributed by atoms with Gasteiger partial charge in [0, 0.05) is 51.0 Å². The minimum Gasteiger partial charge on any atom is -0.461 e. The highest BCUT2D eigenvalue weighted by Gasteiger charge is 2.51. The molecule has 1 N–H and O–H groups in total. The largest absolute Gasteiger partial charge is 0.461 e. The highest BCUT2D eigenvalue weighted by Crippen LogP contribution is 2.43. The molecule has 0 aliphatic carbocycles. The standard InChI is InChI=1S/C22H31N3O4/c1-16-2-7-23-17(12-16)13-20(27)25-10-5-22(6-11-25)14-19(29-21(22)28)15-24-8-3-18(26)4-9-24/h2,7,12,18-19,26H,3-6,8-11,13-15H2,1H3. The number of aromatic nitrogens is 1. The molecular weight excluding hydrogens is 370 g/mol. The van der Waals surface area contributed by atoms with E-state index in [-0.39, 0.29) is 24.1 Å². The lowest BCUT2D eigenvalue weighted by molar-refractivity contribution is -0.153. The Morgan fingerprint density at radius 1 is 1.28 bits per heavy atom. The van der Waals surface area contributed by atoms with Crippen molar-refractivity contribution in [3.05, 3.63) is 29.6 Å². The second-order valence-electron chi connectivity index (χ2n) is 8.93. The second kappa shape index (κ2) is 8.40. The van der Waals surface area contributed by atoms with Crippen LogP contribution in [0.25, 0.3) is 0 Å². The number of nitrogens with zero attached hydrogens (tertiary/aromatic N) is 3. The number of aryl methyl sites for hydroxylation is 1. The quantitative estimate of drug-likeness (QED) is 0.766. The van der Waals surface area contributed by atoms with Crippen molar-refractivity contribution < 1.29 is 19.4 Å². The summed E-state index contributed by atoms with van der Waals surface area (Å²) < 4.78 is 5.73. The number of hydrogen-bond donors (Lipinski definition) is 1. The first kappa shape index (κ1) is 20.3. The minimum atomic E-state index is -0.432. The fourth-order valence-corrected chi connectivity index (χ4v) is 4.88. The number of aliphatic hydroxyl groups excluding tert-OH is 1. The van der Waals surface area contributed by atoms with E-state index in [9.17, 15) is 14.7 Å². The van der Waals surface area contributed by atoms with E-state index < -0.39 is 5.41 Å². The van der Waals surface area contributed by atoms with Gasteiger partial charge in [0.1, 0.15) is 6.10 Å². The van der Waals surface area contributed by atoms with Gasteiger partial charge in [-0.3, -0.25) is 19.5 Å². The number of amides is 1. The van der Waals surface area contributed by atoms with Crippen molar-refractivity contribution in [1.29, 1.82) is 0 Å². The van der Waals surface area contributed by atoms with Crippen LogP contribution in [0.4, 0.5) is 0 Å². The van der Waals surface area contributed by atoms with Crippen LogP contribution >= 0.6 is 0 Å². The summed E-state index contributed by atoms with van der Waals surface area (Å²) >= 11 is 0. The lowest BCUT2D eigenvalue weighted by atomic mass is 9.76. The van der Waals surface area contributed by atoms with Crippen LogP contribution in [0, 0.1) is 12.3 Å². The van der Waals surface area contributed by atoms with Crippen LogP contribution in [0.5, 0.6) is 0 Å². The number of rotatable bonds is 4. The smallest absolute Gasteiger partial charge is 0.312 e. The van der Waals surface area contributed by atoms with Gasteiger partial charge in [0.25, 0.3) is 0 Å². The van der Waals surface area contributed by atoms with Crippen molar-refractivity contribution in [1.82, 2.24) is 14.8 Å². The zero-order valence-corrected chi connectivity index (χ0v) is 17.2. The van der Waals surface area contributed by atoms with Crippen molar-refractivity contribution in [3.63, 3.8) is 0 Å². The van der Waals surface area contributed by atoms with E-state index in [1.807, 2.05) is 24.0 Å². The van der Waals surface area contributed by atoms with Crippen LogP contribution in [0.2, 0.25) is 0 Å². The summed E-state index contributed by atoms with van der Waals surface area (Å²) in [6.45, 7) is 5.66. The molecule has 3 fully saturated rings. The fourth-order valence-electron chi connectivity index (χ4n) is 4.88. The number of aliphatic hydroxyl groups is 1. The van der Waals surface area contributed by atoms with Crippen LogP contribution in [-0.2, 0) is 20.7 Å². The van der Waals surface area contributed by atoms with Gasteiger partial charge in [0.2, 0.25) is 5.91 Å². The molecule has 158 valence electrons. The van der Waals surface area contributed by atoms with E-state index in [2.05, 4.69) is 9.88 Å². The Morgan fingerprint density at radius 2 is 2.00 bits per heavy atom. The Bertz CT molecular complexity index is 752. The van der Waals surface area contributed by atoms with Gasteiger partial charge >= 0.3 is 5.97 Å². The Balaban J connectivity index is 1.29. The maximum atomic E-state index is 12.7. The van der Waals surface area contributed by atoms with Crippen LogP contribution in [0.15, 0.2) is 18.3 Å². The van der Waals surface area contributed by atoms with Crippen molar-refractivity contribution >= 4 is 11.9 Å². The Kier molecular flexibility index (Phi) is 5.88. The first-order valence-electron chi connectivity index (χ1n) is 10.7. The van der Waals surface area contributed by atoms with Crippen LogP contribution in [0.1, 0.15) is 43.4 Å². The van der Waals surface area contributed by atoms with Gasteiger partial charge in [-0.25, -0.2) is 0 Å². The minimum absolute atomic E-state index is 0.0727. The predicted molar refractivity (Wildman–Crippen MR) is 107 cm³/mol. The summed E-state index contributed by atoms with van der Waals surface area (Å²) in [6.07, 6.45) is 5.45. The maximum absolute atomic E-state index is 12.7. The average Bonchev–Trinajstić information content (AvgIpc) is 2.98. The van der Waals surface area contributed by atoms with E-state index in [0.717, 1.165) is 50.2 Å². The van der Waals surface area contributed by atoms with Crippen molar-refractivity contribution in [2.24, 2.45) is 5.41 Å². The van der Waals surface area contributed by atoms with E-state index >= 15 is 0 Å². The predicted octanol–water partition coefficient (Wildman–Crippen LogP) is 1.31. The molecule has 0 saturated carbocycles. The van der Waals surface area contributed by atoms with Crippen LogP contribution in [0.3, 0.4) is 0 Å². The summed E-state index contributed by atoms with van der Waals surface area (Å²) in [7, 11) is 0. The van der Waals surface area contributed by atoms with Gasteiger partial charge < -0.3 is 14.7 Å². The molecule has 1 spiro atoms. The van der Waals surface area contributed by atoms with Crippen molar-refractivity contribution in [2.75, 3.05) is 32.7 Å². The average molecular weight is 402 g/mol. The van der Waals surface area contributed by atoms with Crippen molar-refractivity contribution in [3.8, 4) is 0 Å². The molecule has 0 bridgehead atoms. The van der Waals surface area contributed by atoms with Gasteiger partial charge in [0.05, 0.1) is 17.9 Å². The van der Waals surface area contributed by atoms with Gasteiger partial charge in [-0.05, 0) is 50.3 Å². The van der Waals surface area contributed by atoms with Crippen LogP contribution in [-0.4, -0.2) is 76.7 Å². The highest BCUT2D eigenvalue weighted by molar-refractivity contribution is 5.81. The Labute approximate surface area is 172 Å². The first-order chi connectivity index (χ1) is 13.9. The molecular formula is C22H31N3O4. The number of pyridine rings is 1. The summed E-state index contributed by atoms with van der Waals surface area (Å²) in [5, 5.41) is 9.66. The van der Waals surface area contributed by atoms with Gasteiger partial charge in [0.15, 0.2) is 0 Å². The molecule has 3 saturated heterocycles.